The summed E-state index contributed by atoms with van der Waals surface area (Å²) in [7, 11) is 0. The van der Waals surface area contributed by atoms with Gasteiger partial charge < -0.3 is 9.80 Å². The number of thiazole rings is 1. The zero-order valence-electron chi connectivity index (χ0n) is 17.0. The molecule has 2 aromatic carbocycles. The highest BCUT2D eigenvalue weighted by molar-refractivity contribution is 7.18. The molecule has 0 unspecified atom stereocenters. The fourth-order valence-corrected chi connectivity index (χ4v) is 5.85. The number of benzene rings is 2. The Balaban J connectivity index is 1.33. The monoisotopic (exact) mass is 419 g/mol. The van der Waals surface area contributed by atoms with E-state index < -0.39 is 0 Å². The molecule has 1 aromatic heterocycles. The lowest BCUT2D eigenvalue weighted by Crippen LogP contribution is -2.37. The summed E-state index contributed by atoms with van der Waals surface area (Å²) in [4.78, 5) is 34.8. The summed E-state index contributed by atoms with van der Waals surface area (Å²) in [5.41, 5.74) is 2.10. The molecule has 3 heterocycles. The van der Waals surface area contributed by atoms with E-state index in [2.05, 4.69) is 6.07 Å². The van der Waals surface area contributed by atoms with Gasteiger partial charge in [-0.05, 0) is 37.5 Å². The number of hydrogen-bond acceptors (Lipinski definition) is 4. The standard InChI is InChI=1S/C24H25N3O2S/c1-16(17-8-3-2-4-9-17)27-15-18(14-22(27)28)24(29)26-13-7-11-20(26)23-25-19-10-5-6-12-21(19)30-23/h2-6,8-10,12,16,18,20H,7,11,13-15H2,1H3/t16-,18-,20-/m1/s1. The van der Waals surface area contributed by atoms with Gasteiger partial charge in [-0.3, -0.25) is 9.59 Å². The van der Waals surface area contributed by atoms with Crippen molar-refractivity contribution < 1.29 is 9.59 Å². The average molecular weight is 420 g/mol. The van der Waals surface area contributed by atoms with E-state index in [-0.39, 0.29) is 29.8 Å². The Morgan fingerprint density at radius 1 is 1.13 bits per heavy atom. The highest BCUT2D eigenvalue weighted by atomic mass is 32.1. The van der Waals surface area contributed by atoms with Gasteiger partial charge in [-0.15, -0.1) is 11.3 Å². The molecule has 0 aliphatic carbocycles. The highest BCUT2D eigenvalue weighted by Crippen LogP contribution is 2.38. The van der Waals surface area contributed by atoms with Gasteiger partial charge >= 0.3 is 0 Å². The molecule has 2 saturated heterocycles. The molecule has 2 aliphatic rings. The molecular weight excluding hydrogens is 394 g/mol. The Hall–Kier alpha value is -2.73. The topological polar surface area (TPSA) is 53.5 Å². The summed E-state index contributed by atoms with van der Waals surface area (Å²) in [5.74, 6) is -0.0908. The minimum atomic E-state index is -0.265. The third kappa shape index (κ3) is 3.39. The van der Waals surface area contributed by atoms with Crippen LogP contribution in [-0.4, -0.2) is 39.7 Å². The number of hydrogen-bond donors (Lipinski definition) is 0. The van der Waals surface area contributed by atoms with Crippen LogP contribution in [0.25, 0.3) is 10.2 Å². The molecule has 2 amide bonds. The van der Waals surface area contributed by atoms with E-state index in [9.17, 15) is 9.59 Å². The Labute approximate surface area is 180 Å². The second-order valence-electron chi connectivity index (χ2n) is 8.24. The van der Waals surface area contributed by atoms with Gasteiger partial charge in [0.1, 0.15) is 5.01 Å². The first-order valence-electron chi connectivity index (χ1n) is 10.6. The van der Waals surface area contributed by atoms with Gasteiger partial charge in [0.2, 0.25) is 11.8 Å². The quantitative estimate of drug-likeness (QED) is 0.622. The van der Waals surface area contributed by atoms with Crippen LogP contribution in [-0.2, 0) is 9.59 Å². The molecule has 0 spiro atoms. The lowest BCUT2D eigenvalue weighted by Gasteiger charge is -2.28. The van der Waals surface area contributed by atoms with Crippen LogP contribution < -0.4 is 0 Å². The third-order valence-electron chi connectivity index (χ3n) is 6.39. The first-order valence-corrected chi connectivity index (χ1v) is 11.4. The van der Waals surface area contributed by atoms with Crippen molar-refractivity contribution in [2.45, 2.75) is 38.3 Å². The molecule has 30 heavy (non-hydrogen) atoms. The van der Waals surface area contributed by atoms with E-state index in [0.29, 0.717) is 13.0 Å². The second kappa shape index (κ2) is 7.84. The van der Waals surface area contributed by atoms with E-state index in [1.807, 2.05) is 65.3 Å². The van der Waals surface area contributed by atoms with Gasteiger partial charge in [-0.25, -0.2) is 4.98 Å². The van der Waals surface area contributed by atoms with Gasteiger partial charge in [-0.1, -0.05) is 42.5 Å². The first kappa shape index (κ1) is 19.2. The molecular formula is C24H25N3O2S. The minimum absolute atomic E-state index is 0.0184. The summed E-state index contributed by atoms with van der Waals surface area (Å²) in [5, 5.41) is 1.01. The van der Waals surface area contributed by atoms with Crippen molar-refractivity contribution in [1.29, 1.82) is 0 Å². The molecule has 3 atom stereocenters. The smallest absolute Gasteiger partial charge is 0.228 e. The van der Waals surface area contributed by atoms with Crippen molar-refractivity contribution in [2.75, 3.05) is 13.1 Å². The maximum Gasteiger partial charge on any atom is 0.228 e. The summed E-state index contributed by atoms with van der Waals surface area (Å²) in [6, 6.07) is 18.2. The molecule has 0 bridgehead atoms. The predicted molar refractivity (Wildman–Crippen MR) is 118 cm³/mol. The largest absolute Gasteiger partial charge is 0.335 e. The van der Waals surface area contributed by atoms with E-state index in [1.54, 1.807) is 11.3 Å². The zero-order chi connectivity index (χ0) is 20.7. The predicted octanol–water partition coefficient (Wildman–Crippen LogP) is 4.57. The van der Waals surface area contributed by atoms with Gasteiger partial charge in [0.15, 0.2) is 0 Å². The molecule has 154 valence electrons. The van der Waals surface area contributed by atoms with Gasteiger partial charge in [0.25, 0.3) is 0 Å². The minimum Gasteiger partial charge on any atom is -0.335 e. The van der Waals surface area contributed by atoms with Crippen LogP contribution >= 0.6 is 11.3 Å². The summed E-state index contributed by atoms with van der Waals surface area (Å²) in [6.07, 6.45) is 2.23. The molecule has 0 radical (unpaired) electrons. The molecule has 3 aromatic rings. The van der Waals surface area contributed by atoms with E-state index >= 15 is 0 Å². The number of amides is 2. The van der Waals surface area contributed by atoms with E-state index in [1.165, 1.54) is 0 Å². The van der Waals surface area contributed by atoms with Crippen LogP contribution in [0.5, 0.6) is 0 Å². The molecule has 0 saturated carbocycles. The molecule has 5 rings (SSSR count). The second-order valence-corrected chi connectivity index (χ2v) is 9.31. The number of likely N-dealkylation sites (tertiary alicyclic amines) is 2. The molecule has 0 N–H and O–H groups in total. The lowest BCUT2D eigenvalue weighted by atomic mass is 10.1. The summed E-state index contributed by atoms with van der Waals surface area (Å²) >= 11 is 1.68. The van der Waals surface area contributed by atoms with Gasteiger partial charge in [0.05, 0.1) is 28.2 Å². The van der Waals surface area contributed by atoms with Crippen molar-refractivity contribution in [2.24, 2.45) is 5.92 Å². The summed E-state index contributed by atoms with van der Waals surface area (Å²) in [6.45, 7) is 3.29. The Morgan fingerprint density at radius 2 is 1.90 bits per heavy atom. The number of para-hydroxylation sites is 1. The van der Waals surface area contributed by atoms with Crippen molar-refractivity contribution >= 4 is 33.4 Å². The van der Waals surface area contributed by atoms with Crippen molar-refractivity contribution in [3.8, 4) is 0 Å². The van der Waals surface area contributed by atoms with Crippen LogP contribution in [0.2, 0.25) is 0 Å². The zero-order valence-corrected chi connectivity index (χ0v) is 17.8. The number of carbonyl (C=O) groups is 2. The van der Waals surface area contributed by atoms with E-state index in [0.717, 1.165) is 40.2 Å². The van der Waals surface area contributed by atoms with Crippen LogP contribution in [0.3, 0.4) is 0 Å². The maximum absolute atomic E-state index is 13.4. The molecule has 6 heteroatoms. The van der Waals surface area contributed by atoms with Crippen LogP contribution in [0.1, 0.15) is 48.8 Å². The number of nitrogens with zero attached hydrogens (tertiary/aromatic N) is 3. The normalized spacial score (nSPS) is 22.8. The number of aromatic nitrogens is 1. The Bertz CT molecular complexity index is 1050. The lowest BCUT2D eigenvalue weighted by molar-refractivity contribution is -0.136. The van der Waals surface area contributed by atoms with E-state index in [4.69, 9.17) is 4.98 Å². The maximum atomic E-state index is 13.4. The van der Waals surface area contributed by atoms with Gasteiger partial charge in [0, 0.05) is 19.5 Å². The van der Waals surface area contributed by atoms with Crippen LogP contribution in [0.15, 0.2) is 54.6 Å². The fourth-order valence-electron chi connectivity index (χ4n) is 4.74. The van der Waals surface area contributed by atoms with Crippen molar-refractivity contribution in [1.82, 2.24) is 14.8 Å². The number of rotatable bonds is 4. The van der Waals surface area contributed by atoms with Crippen LogP contribution in [0.4, 0.5) is 0 Å². The molecule has 5 nitrogen and oxygen atoms in total. The highest BCUT2D eigenvalue weighted by Gasteiger charge is 2.42. The average Bonchev–Trinajstić information content (AvgIpc) is 3.50. The SMILES string of the molecule is C[C@H](c1ccccc1)N1C[C@H](C(=O)N2CCC[C@@H]2c2nc3ccccc3s2)CC1=O. The van der Waals surface area contributed by atoms with Crippen LogP contribution in [0, 0.1) is 5.92 Å². The molecule has 2 aliphatic heterocycles. The number of carbonyl (C=O) groups excluding carboxylic acids is 2. The fraction of sp³-hybridized carbons (Fsp3) is 0.375. The Kier molecular flexibility index (Phi) is 5.03. The first-order chi connectivity index (χ1) is 14.6. The van der Waals surface area contributed by atoms with Crippen molar-refractivity contribution in [3.05, 3.63) is 65.2 Å². The third-order valence-corrected chi connectivity index (χ3v) is 7.53. The number of fused-ring (bicyclic) bond motifs is 1. The molecule has 2 fully saturated rings. The van der Waals surface area contributed by atoms with Gasteiger partial charge in [-0.2, -0.15) is 0 Å². The summed E-state index contributed by atoms with van der Waals surface area (Å²) < 4.78 is 1.16. The van der Waals surface area contributed by atoms with Crippen molar-refractivity contribution in [3.63, 3.8) is 0 Å². The Morgan fingerprint density at radius 3 is 2.70 bits per heavy atom.